The van der Waals surface area contributed by atoms with Crippen molar-refractivity contribution in [2.75, 3.05) is 20.1 Å². The van der Waals surface area contributed by atoms with Crippen LogP contribution in [0.15, 0.2) is 24.3 Å². The lowest BCUT2D eigenvalue weighted by atomic mass is 10.0. The van der Waals surface area contributed by atoms with Crippen molar-refractivity contribution in [1.29, 1.82) is 0 Å². The summed E-state index contributed by atoms with van der Waals surface area (Å²) in [6, 6.07) is 8.62. The van der Waals surface area contributed by atoms with Gasteiger partial charge in [-0.2, -0.15) is 0 Å². The smallest absolute Gasteiger partial charge is 0.320 e. The molecule has 1 aromatic carbocycles. The Balaban J connectivity index is 2.30. The summed E-state index contributed by atoms with van der Waals surface area (Å²) in [5.74, 6) is 0. The number of hydrogen-bond donors (Lipinski definition) is 0. The van der Waals surface area contributed by atoms with Crippen LogP contribution in [0.5, 0.6) is 0 Å². The lowest BCUT2D eigenvalue weighted by Gasteiger charge is -2.19. The standard InChI is InChI=1S/C13H18N2O/c1-4-15-9-12(14(3)13(15)16)11-8-6-5-7-10(11)2/h5-8,12H,4,9H2,1-3H3. The minimum absolute atomic E-state index is 0.135. The molecule has 16 heavy (non-hydrogen) atoms. The quantitative estimate of drug-likeness (QED) is 0.747. The summed E-state index contributed by atoms with van der Waals surface area (Å²) in [6.07, 6.45) is 0. The van der Waals surface area contributed by atoms with E-state index in [0.717, 1.165) is 13.1 Å². The second kappa shape index (κ2) is 4.16. The van der Waals surface area contributed by atoms with E-state index in [2.05, 4.69) is 19.1 Å². The highest BCUT2D eigenvalue weighted by molar-refractivity contribution is 5.77. The van der Waals surface area contributed by atoms with Crippen LogP contribution in [0.3, 0.4) is 0 Å². The first-order valence-corrected chi connectivity index (χ1v) is 5.72. The first-order chi connectivity index (χ1) is 7.65. The molecular weight excluding hydrogens is 200 g/mol. The molecule has 1 unspecified atom stereocenters. The van der Waals surface area contributed by atoms with Crippen LogP contribution < -0.4 is 0 Å². The molecule has 1 fully saturated rings. The van der Waals surface area contributed by atoms with Gasteiger partial charge in [-0.3, -0.25) is 0 Å². The van der Waals surface area contributed by atoms with Gasteiger partial charge < -0.3 is 9.80 Å². The van der Waals surface area contributed by atoms with Gasteiger partial charge in [-0.05, 0) is 25.0 Å². The van der Waals surface area contributed by atoms with Crippen molar-refractivity contribution in [2.24, 2.45) is 0 Å². The van der Waals surface area contributed by atoms with Crippen LogP contribution in [0.25, 0.3) is 0 Å². The predicted molar refractivity (Wildman–Crippen MR) is 64.3 cm³/mol. The van der Waals surface area contributed by atoms with Crippen LogP contribution in [0.2, 0.25) is 0 Å². The number of urea groups is 1. The number of hydrogen-bond acceptors (Lipinski definition) is 1. The van der Waals surface area contributed by atoms with Crippen molar-refractivity contribution in [1.82, 2.24) is 9.80 Å². The molecule has 2 amide bonds. The summed E-state index contributed by atoms with van der Waals surface area (Å²) < 4.78 is 0. The average molecular weight is 218 g/mol. The maximum atomic E-state index is 11.9. The molecule has 3 heteroatoms. The van der Waals surface area contributed by atoms with Gasteiger partial charge in [0.15, 0.2) is 0 Å². The third-order valence-corrected chi connectivity index (χ3v) is 3.36. The van der Waals surface area contributed by atoms with Gasteiger partial charge in [-0.15, -0.1) is 0 Å². The van der Waals surface area contributed by atoms with Crippen LogP contribution in [0.4, 0.5) is 4.79 Å². The maximum Gasteiger partial charge on any atom is 0.320 e. The van der Waals surface area contributed by atoms with E-state index in [1.165, 1.54) is 11.1 Å². The van der Waals surface area contributed by atoms with E-state index < -0.39 is 0 Å². The Labute approximate surface area is 96.7 Å². The van der Waals surface area contributed by atoms with E-state index in [-0.39, 0.29) is 12.1 Å². The second-order valence-electron chi connectivity index (χ2n) is 4.30. The van der Waals surface area contributed by atoms with Crippen LogP contribution in [-0.2, 0) is 0 Å². The average Bonchev–Trinajstić information content (AvgIpc) is 2.57. The topological polar surface area (TPSA) is 23.6 Å². The van der Waals surface area contributed by atoms with Crippen LogP contribution in [0.1, 0.15) is 24.1 Å². The van der Waals surface area contributed by atoms with Crippen molar-refractivity contribution in [3.63, 3.8) is 0 Å². The molecule has 1 atom stereocenters. The Morgan fingerprint density at radius 2 is 2.06 bits per heavy atom. The van der Waals surface area contributed by atoms with Crippen molar-refractivity contribution < 1.29 is 4.79 Å². The molecule has 1 heterocycles. The summed E-state index contributed by atoms with van der Waals surface area (Å²) >= 11 is 0. The summed E-state index contributed by atoms with van der Waals surface area (Å²) in [5, 5.41) is 0. The summed E-state index contributed by atoms with van der Waals surface area (Å²) in [5.41, 5.74) is 2.51. The molecule has 0 radical (unpaired) electrons. The van der Waals surface area contributed by atoms with Gasteiger partial charge in [0.25, 0.3) is 0 Å². The number of carbonyl (C=O) groups excluding carboxylic acids is 1. The molecule has 0 N–H and O–H groups in total. The van der Waals surface area contributed by atoms with E-state index in [1.807, 2.05) is 35.9 Å². The molecule has 3 nitrogen and oxygen atoms in total. The van der Waals surface area contributed by atoms with Crippen LogP contribution >= 0.6 is 0 Å². The summed E-state index contributed by atoms with van der Waals surface area (Å²) in [4.78, 5) is 15.6. The number of aryl methyl sites for hydroxylation is 1. The molecule has 1 saturated heterocycles. The zero-order chi connectivity index (χ0) is 11.7. The zero-order valence-corrected chi connectivity index (χ0v) is 10.1. The zero-order valence-electron chi connectivity index (χ0n) is 10.1. The van der Waals surface area contributed by atoms with Crippen LogP contribution in [-0.4, -0.2) is 36.0 Å². The third-order valence-electron chi connectivity index (χ3n) is 3.36. The number of nitrogens with zero attached hydrogens (tertiary/aromatic N) is 2. The van der Waals surface area contributed by atoms with E-state index >= 15 is 0 Å². The molecule has 0 aromatic heterocycles. The summed E-state index contributed by atoms with van der Waals surface area (Å²) in [6.45, 7) is 5.70. The lowest BCUT2D eigenvalue weighted by Crippen LogP contribution is -2.29. The highest BCUT2D eigenvalue weighted by Gasteiger charge is 2.34. The Bertz CT molecular complexity index is 403. The molecule has 2 rings (SSSR count). The van der Waals surface area contributed by atoms with E-state index in [1.54, 1.807) is 0 Å². The summed E-state index contributed by atoms with van der Waals surface area (Å²) in [7, 11) is 1.88. The number of rotatable bonds is 2. The fourth-order valence-corrected chi connectivity index (χ4v) is 2.30. The number of likely N-dealkylation sites (N-methyl/N-ethyl adjacent to an activating group) is 2. The Morgan fingerprint density at radius 1 is 1.38 bits per heavy atom. The second-order valence-corrected chi connectivity index (χ2v) is 4.30. The van der Waals surface area contributed by atoms with Gasteiger partial charge >= 0.3 is 6.03 Å². The Morgan fingerprint density at radius 3 is 2.62 bits per heavy atom. The SMILES string of the molecule is CCN1CC(c2ccccc2C)N(C)C1=O. The van der Waals surface area contributed by atoms with Crippen LogP contribution in [0, 0.1) is 6.92 Å². The number of benzene rings is 1. The van der Waals surface area contributed by atoms with Gasteiger partial charge in [0.05, 0.1) is 6.04 Å². The Kier molecular flexibility index (Phi) is 2.86. The minimum atomic E-state index is 0.135. The lowest BCUT2D eigenvalue weighted by molar-refractivity contribution is 0.197. The van der Waals surface area contributed by atoms with Gasteiger partial charge in [0.2, 0.25) is 0 Å². The minimum Gasteiger partial charge on any atom is -0.323 e. The van der Waals surface area contributed by atoms with Crippen molar-refractivity contribution >= 4 is 6.03 Å². The fraction of sp³-hybridized carbons (Fsp3) is 0.462. The molecule has 86 valence electrons. The molecule has 1 aliphatic rings. The van der Waals surface area contributed by atoms with E-state index in [4.69, 9.17) is 0 Å². The fourth-order valence-electron chi connectivity index (χ4n) is 2.30. The normalized spacial score (nSPS) is 20.7. The first-order valence-electron chi connectivity index (χ1n) is 5.72. The number of carbonyl (C=O) groups is 1. The van der Waals surface area contributed by atoms with Gasteiger partial charge in [-0.1, -0.05) is 24.3 Å². The molecule has 0 aliphatic carbocycles. The molecular formula is C13H18N2O. The molecule has 0 saturated carbocycles. The maximum absolute atomic E-state index is 11.9. The van der Waals surface area contributed by atoms with Gasteiger partial charge in [0, 0.05) is 20.1 Å². The molecule has 1 aromatic rings. The van der Waals surface area contributed by atoms with E-state index in [0.29, 0.717) is 0 Å². The number of amides is 2. The first kappa shape index (κ1) is 11.0. The van der Waals surface area contributed by atoms with Crippen molar-refractivity contribution in [2.45, 2.75) is 19.9 Å². The highest BCUT2D eigenvalue weighted by atomic mass is 16.2. The third kappa shape index (κ3) is 1.66. The Hall–Kier alpha value is -1.51. The predicted octanol–water partition coefficient (Wildman–Crippen LogP) is 2.42. The largest absolute Gasteiger partial charge is 0.323 e. The van der Waals surface area contributed by atoms with Crippen molar-refractivity contribution in [3.05, 3.63) is 35.4 Å². The highest BCUT2D eigenvalue weighted by Crippen LogP contribution is 2.29. The van der Waals surface area contributed by atoms with Gasteiger partial charge in [-0.25, -0.2) is 4.79 Å². The monoisotopic (exact) mass is 218 g/mol. The van der Waals surface area contributed by atoms with Gasteiger partial charge in [0.1, 0.15) is 0 Å². The van der Waals surface area contributed by atoms with Crippen molar-refractivity contribution in [3.8, 4) is 0 Å². The molecule has 0 spiro atoms. The molecule has 0 bridgehead atoms. The molecule has 1 aliphatic heterocycles. The van der Waals surface area contributed by atoms with E-state index in [9.17, 15) is 4.79 Å².